The number of nitrogens with zero attached hydrogens (tertiary/aromatic N) is 6. The molecule has 0 amide bonds. The second kappa shape index (κ2) is 11.3. The first-order chi connectivity index (χ1) is 21.9. The van der Waals surface area contributed by atoms with Gasteiger partial charge in [-0.3, -0.25) is 4.72 Å². The molecule has 0 saturated carbocycles. The molecule has 1 aromatic heterocycles. The van der Waals surface area contributed by atoms with E-state index >= 15 is 0 Å². The van der Waals surface area contributed by atoms with Gasteiger partial charge in [0.25, 0.3) is 0 Å². The summed E-state index contributed by atoms with van der Waals surface area (Å²) in [5, 5.41) is 19.3. The molecule has 46 heavy (non-hydrogen) atoms. The number of hydrogen-bond acceptors (Lipinski definition) is 8. The Labute approximate surface area is 269 Å². The van der Waals surface area contributed by atoms with E-state index in [1.54, 1.807) is 0 Å². The lowest BCUT2D eigenvalue weighted by Crippen LogP contribution is -2.28. The summed E-state index contributed by atoms with van der Waals surface area (Å²) in [6.45, 7) is 8.58. The van der Waals surface area contributed by atoms with Crippen LogP contribution in [0.25, 0.3) is 11.4 Å². The number of carboxylic acid groups (broad SMARTS) is 1. The normalized spacial score (nSPS) is 18.7. The predicted octanol–water partition coefficient (Wildman–Crippen LogP) is 5.76. The van der Waals surface area contributed by atoms with Crippen molar-refractivity contribution in [3.63, 3.8) is 0 Å². The second-order valence-corrected chi connectivity index (χ2v) is 15.8. The zero-order chi connectivity index (χ0) is 32.4. The number of benzene rings is 2. The lowest BCUT2D eigenvalue weighted by atomic mass is 9.79. The van der Waals surface area contributed by atoms with Crippen molar-refractivity contribution in [2.24, 2.45) is 15.5 Å². The molecule has 0 unspecified atom stereocenters. The number of aromatic nitrogens is 3. The highest BCUT2D eigenvalue weighted by atomic mass is 32.2. The minimum Gasteiger partial charge on any atom is -0.478 e. The fourth-order valence-corrected chi connectivity index (χ4v) is 7.99. The molecule has 7 rings (SSSR count). The molecular formula is C34H41N7O4S. The van der Waals surface area contributed by atoms with Gasteiger partial charge in [0, 0.05) is 29.8 Å². The van der Waals surface area contributed by atoms with Crippen LogP contribution < -0.4 is 9.62 Å². The number of rotatable bonds is 6. The topological polar surface area (TPSA) is 142 Å². The van der Waals surface area contributed by atoms with Gasteiger partial charge in [-0.15, -0.1) is 9.89 Å². The Bertz CT molecular complexity index is 1890. The fraction of sp³-hybridized carbons (Fsp3) is 0.500. The zero-order valence-electron chi connectivity index (χ0n) is 27.0. The average Bonchev–Trinajstić information content (AvgIpc) is 3.74. The lowest BCUT2D eigenvalue weighted by Gasteiger charge is -2.34. The van der Waals surface area contributed by atoms with E-state index < -0.39 is 16.0 Å². The maximum absolute atomic E-state index is 12.0. The number of nitrogens with one attached hydrogen (secondary N) is 1. The van der Waals surface area contributed by atoms with Crippen molar-refractivity contribution in [1.29, 1.82) is 0 Å². The summed E-state index contributed by atoms with van der Waals surface area (Å²) in [5.74, 6) is -0.448. The molecule has 3 aromatic rings. The summed E-state index contributed by atoms with van der Waals surface area (Å²) in [7, 11) is -3.64. The van der Waals surface area contributed by atoms with Crippen molar-refractivity contribution >= 4 is 44.5 Å². The third kappa shape index (κ3) is 5.61. The van der Waals surface area contributed by atoms with E-state index in [4.69, 9.17) is 15.1 Å². The molecule has 2 aliphatic carbocycles. The molecule has 0 radical (unpaired) electrons. The molecule has 2 N–H and O–H groups in total. The summed E-state index contributed by atoms with van der Waals surface area (Å²) in [4.78, 5) is 26.4. The van der Waals surface area contributed by atoms with Crippen LogP contribution in [0.2, 0.25) is 0 Å². The smallest absolute Gasteiger partial charge is 0.335 e. The molecule has 2 aromatic carbocycles. The van der Waals surface area contributed by atoms with Crippen molar-refractivity contribution in [2.75, 3.05) is 29.0 Å². The van der Waals surface area contributed by atoms with Crippen LogP contribution in [0, 0.1) is 5.41 Å². The number of aromatic carboxylic acids is 1. The SMILES string of the molecule is CC(C)(C)C1=Nn2nc(-c3cc(NS(C)(=O)=O)cc(C(=O)O)c3)nc2/C1=N\c1c2c(c(N3CCCC3)c3c1CCCC3)CCCC2. The van der Waals surface area contributed by atoms with Gasteiger partial charge in [0.05, 0.1) is 28.9 Å². The third-order valence-corrected chi connectivity index (χ3v) is 10.0. The van der Waals surface area contributed by atoms with Crippen molar-refractivity contribution in [3.8, 4) is 11.4 Å². The van der Waals surface area contributed by atoms with Crippen LogP contribution in [-0.2, 0) is 35.7 Å². The third-order valence-electron chi connectivity index (χ3n) is 9.40. The van der Waals surface area contributed by atoms with Crippen molar-refractivity contribution < 1.29 is 18.3 Å². The van der Waals surface area contributed by atoms with Gasteiger partial charge >= 0.3 is 5.97 Å². The van der Waals surface area contributed by atoms with Crippen molar-refractivity contribution in [1.82, 2.24) is 14.9 Å². The van der Waals surface area contributed by atoms with Crippen LogP contribution in [0.4, 0.5) is 17.1 Å². The van der Waals surface area contributed by atoms with E-state index in [9.17, 15) is 18.3 Å². The molecule has 4 aliphatic rings. The lowest BCUT2D eigenvalue weighted by molar-refractivity contribution is 0.0697. The van der Waals surface area contributed by atoms with Gasteiger partial charge in [0.1, 0.15) is 5.71 Å². The van der Waals surface area contributed by atoms with Crippen LogP contribution in [0.15, 0.2) is 28.3 Å². The molecule has 1 fully saturated rings. The summed E-state index contributed by atoms with van der Waals surface area (Å²) in [5.41, 5.74) is 9.86. The Hall–Kier alpha value is -4.06. The van der Waals surface area contributed by atoms with Gasteiger partial charge in [-0.05, 0) is 105 Å². The zero-order valence-corrected chi connectivity index (χ0v) is 27.8. The molecule has 11 nitrogen and oxygen atoms in total. The Balaban J connectivity index is 1.41. The molecule has 0 atom stereocenters. The number of carbonyl (C=O) groups is 1. The molecule has 12 heteroatoms. The number of carboxylic acids is 1. The Kier molecular flexibility index (Phi) is 7.53. The van der Waals surface area contributed by atoms with E-state index in [0.29, 0.717) is 17.1 Å². The molecule has 0 spiro atoms. The fourth-order valence-electron chi connectivity index (χ4n) is 7.44. The van der Waals surface area contributed by atoms with Crippen LogP contribution in [0.3, 0.4) is 0 Å². The minimum atomic E-state index is -3.64. The van der Waals surface area contributed by atoms with E-state index in [-0.39, 0.29) is 22.5 Å². The molecule has 0 bridgehead atoms. The van der Waals surface area contributed by atoms with E-state index in [1.807, 2.05) is 0 Å². The van der Waals surface area contributed by atoms with E-state index in [2.05, 4.69) is 35.5 Å². The molecule has 1 saturated heterocycles. The van der Waals surface area contributed by atoms with Gasteiger partial charge in [-0.2, -0.15) is 5.10 Å². The largest absolute Gasteiger partial charge is 0.478 e. The van der Waals surface area contributed by atoms with Gasteiger partial charge < -0.3 is 10.0 Å². The van der Waals surface area contributed by atoms with Gasteiger partial charge in [0.15, 0.2) is 5.82 Å². The van der Waals surface area contributed by atoms with Crippen LogP contribution in [-0.4, -0.2) is 65.1 Å². The maximum Gasteiger partial charge on any atom is 0.335 e. The minimum absolute atomic E-state index is 0.0808. The van der Waals surface area contributed by atoms with Gasteiger partial charge in [-0.25, -0.2) is 23.2 Å². The second-order valence-electron chi connectivity index (χ2n) is 14.0. The van der Waals surface area contributed by atoms with Crippen molar-refractivity contribution in [2.45, 2.75) is 85.0 Å². The Morgan fingerprint density at radius 3 is 2.09 bits per heavy atom. The summed E-state index contributed by atoms with van der Waals surface area (Å²) >= 11 is 0. The summed E-state index contributed by atoms with van der Waals surface area (Å²) < 4.78 is 26.3. The number of hydrogen-bond donors (Lipinski definition) is 2. The van der Waals surface area contributed by atoms with Crippen LogP contribution in [0.5, 0.6) is 0 Å². The van der Waals surface area contributed by atoms with Crippen LogP contribution in [0.1, 0.15) is 97.7 Å². The number of fused-ring (bicyclic) bond motifs is 3. The quantitative estimate of drug-likeness (QED) is 0.348. The highest BCUT2D eigenvalue weighted by molar-refractivity contribution is 7.92. The molecule has 3 heterocycles. The molecule has 2 aliphatic heterocycles. The Morgan fingerprint density at radius 1 is 0.913 bits per heavy atom. The molecule has 242 valence electrons. The predicted molar refractivity (Wildman–Crippen MR) is 181 cm³/mol. The number of anilines is 2. The first-order valence-corrected chi connectivity index (χ1v) is 18.2. The summed E-state index contributed by atoms with van der Waals surface area (Å²) in [6.07, 6.45) is 12.4. The molecular weight excluding hydrogens is 602 g/mol. The van der Waals surface area contributed by atoms with E-state index in [1.165, 1.54) is 76.6 Å². The first-order valence-electron chi connectivity index (χ1n) is 16.3. The van der Waals surface area contributed by atoms with Gasteiger partial charge in [-0.1, -0.05) is 20.8 Å². The first kappa shape index (κ1) is 30.6. The standard InChI is InChI=1S/C34H41N7O4S/c1-34(2,3)30-28(32-36-31(38-41(32)37-30)20-17-21(33(42)43)19-22(18-20)39-46(4,44)45)35-27-23-11-5-7-13-25(23)29(40-15-9-10-16-40)26-14-8-6-12-24(26)27/h17-19,39H,5-16H2,1-4H3,(H,42,43)/b35-28-. The Morgan fingerprint density at radius 2 is 1.52 bits per heavy atom. The van der Waals surface area contributed by atoms with Crippen molar-refractivity contribution in [3.05, 3.63) is 51.8 Å². The average molecular weight is 644 g/mol. The number of aliphatic imine (C=N–C) groups is 1. The monoisotopic (exact) mass is 643 g/mol. The maximum atomic E-state index is 12.0. The highest BCUT2D eigenvalue weighted by Gasteiger charge is 2.37. The van der Waals surface area contributed by atoms with E-state index in [0.717, 1.165) is 69.3 Å². The van der Waals surface area contributed by atoms with Crippen LogP contribution >= 0.6 is 0 Å². The van der Waals surface area contributed by atoms with Gasteiger partial charge in [0.2, 0.25) is 15.8 Å². The summed E-state index contributed by atoms with van der Waals surface area (Å²) in [6, 6.07) is 4.25. The highest BCUT2D eigenvalue weighted by Crippen LogP contribution is 2.47. The number of sulfonamides is 1.